The second-order valence-corrected chi connectivity index (χ2v) is 21.7. The van der Waals surface area contributed by atoms with Gasteiger partial charge in [0, 0.05) is 70.8 Å². The van der Waals surface area contributed by atoms with Gasteiger partial charge in [0.1, 0.15) is 35.1 Å². The second-order valence-electron chi connectivity index (χ2n) is 19.2. The number of ether oxygens (including phenoxy) is 1. The third-order valence-corrected chi connectivity index (χ3v) is 16.2. The van der Waals surface area contributed by atoms with Crippen molar-refractivity contribution in [1.29, 1.82) is 0 Å². The van der Waals surface area contributed by atoms with E-state index in [0.717, 1.165) is 54.9 Å². The number of hydrogen-bond donors (Lipinski definition) is 3. The Balaban J connectivity index is 0.762. The van der Waals surface area contributed by atoms with Crippen molar-refractivity contribution in [2.75, 3.05) is 6.54 Å². The number of fused-ring (bicyclic) bond motifs is 3. The molecule has 2 fully saturated rings. The minimum atomic E-state index is -0.854. The molecule has 10 rings (SSSR count). The normalized spacial score (nSPS) is 20.2. The minimum Gasteiger partial charge on any atom is -0.460 e. The summed E-state index contributed by atoms with van der Waals surface area (Å²) in [6, 6.07) is 14.9. The van der Waals surface area contributed by atoms with Crippen molar-refractivity contribution in [3.8, 4) is 32.7 Å². The first kappa shape index (κ1) is 48.9. The Hall–Kier alpha value is -6.67. The van der Waals surface area contributed by atoms with Gasteiger partial charge in [-0.2, -0.15) is 10.1 Å². The molecule has 17 nitrogen and oxygen atoms in total. The highest BCUT2D eigenvalue weighted by molar-refractivity contribution is 7.15. The first-order valence-corrected chi connectivity index (χ1v) is 26.2. The van der Waals surface area contributed by atoms with Crippen molar-refractivity contribution in [2.24, 2.45) is 10.9 Å². The van der Waals surface area contributed by atoms with Gasteiger partial charge in [0.05, 0.1) is 52.3 Å². The molecule has 372 valence electrons. The molecule has 0 unspecified atom stereocenters. The van der Waals surface area contributed by atoms with Crippen LogP contribution in [0.2, 0.25) is 5.02 Å². The minimum absolute atomic E-state index is 0.0323. The number of aliphatic imine (C=N–C) groups is 1. The van der Waals surface area contributed by atoms with Gasteiger partial charge in [0.2, 0.25) is 17.7 Å². The maximum Gasteiger partial charge on any atom is 0.317 e. The van der Waals surface area contributed by atoms with E-state index in [1.54, 1.807) is 52.0 Å². The number of rotatable bonds is 14. The molecule has 7 heterocycles. The Morgan fingerprint density at radius 3 is 2.40 bits per heavy atom. The van der Waals surface area contributed by atoms with Crippen molar-refractivity contribution in [1.82, 2.24) is 55.0 Å². The molecule has 5 aromatic heterocycles. The summed E-state index contributed by atoms with van der Waals surface area (Å²) < 4.78 is 9.84. The van der Waals surface area contributed by atoms with Crippen molar-refractivity contribution in [3.63, 3.8) is 0 Å². The maximum atomic E-state index is 14.4. The van der Waals surface area contributed by atoms with Gasteiger partial charge < -0.3 is 25.4 Å². The number of aryl methyl sites for hydroxylation is 3. The van der Waals surface area contributed by atoms with Crippen LogP contribution in [-0.4, -0.2) is 104 Å². The molecule has 0 radical (unpaired) electrons. The average Bonchev–Trinajstić information content (AvgIpc) is 4.19. The molecule has 1 saturated carbocycles. The third kappa shape index (κ3) is 9.69. The van der Waals surface area contributed by atoms with Gasteiger partial charge in [0.15, 0.2) is 5.82 Å². The van der Waals surface area contributed by atoms with Crippen LogP contribution in [0, 0.1) is 33.6 Å². The van der Waals surface area contributed by atoms with Crippen LogP contribution in [0.25, 0.3) is 26.7 Å². The summed E-state index contributed by atoms with van der Waals surface area (Å²) in [6.45, 7) is 13.9. The van der Waals surface area contributed by atoms with E-state index in [1.165, 1.54) is 9.78 Å². The molecule has 0 spiro atoms. The number of aliphatic hydroxyl groups excluding tert-OH is 1. The zero-order valence-corrected chi connectivity index (χ0v) is 43.3. The predicted molar refractivity (Wildman–Crippen MR) is 276 cm³/mol. The molecule has 1 saturated heterocycles. The fourth-order valence-electron chi connectivity index (χ4n) is 9.78. The summed E-state index contributed by atoms with van der Waals surface area (Å²) in [4.78, 5) is 64.4. The number of nitrogens with zero attached hydrogens (tertiary/aromatic N) is 10. The zero-order valence-electron chi connectivity index (χ0n) is 40.9. The number of hydrogen-bond acceptors (Lipinski definition) is 14. The average molecular weight is 1030 g/mol. The number of carbonyl (C=O) groups is 3. The summed E-state index contributed by atoms with van der Waals surface area (Å²) in [7, 11) is 0. The number of thiazole rings is 1. The lowest BCUT2D eigenvalue weighted by molar-refractivity contribution is -0.142. The molecule has 3 aliphatic rings. The highest BCUT2D eigenvalue weighted by atomic mass is 35.5. The number of aromatic nitrogens is 8. The summed E-state index contributed by atoms with van der Waals surface area (Å²) in [5.74, 6) is 0.339. The number of amides is 3. The number of β-amino-alcohol motifs (C(OH)–C–C–N with tert-alkyl or cyclic N) is 1. The molecule has 5 atom stereocenters. The molecule has 7 aromatic rings. The molecular weight excluding hydrogens is 972 g/mol. The van der Waals surface area contributed by atoms with Gasteiger partial charge >= 0.3 is 6.01 Å². The third-order valence-electron chi connectivity index (χ3n) is 13.8. The summed E-state index contributed by atoms with van der Waals surface area (Å²) in [5, 5.41) is 32.2. The van der Waals surface area contributed by atoms with Crippen molar-refractivity contribution in [3.05, 3.63) is 128 Å². The van der Waals surface area contributed by atoms with E-state index in [0.29, 0.717) is 34.9 Å². The number of aliphatic hydroxyl groups is 1. The number of benzene rings is 2. The Kier molecular flexibility index (Phi) is 13.7. The SMILES string of the molecule is Cc1ncsc1-c1ccc([C@H](C)NC(=O)[C@@H]2C[C@@H](O)CN2C(=O)[C@@H](C(C)C)n2cc(-c3ccnc(O[C@H]4C[C@@H](NC(=O)C[C@@H]5N=C(c6ccc(Cl)cc6)c6c(sc(C)c6C)-n6c(C)nnc65)C4)n3)cn2)cc1. The monoisotopic (exact) mass is 1030 g/mol. The molecule has 0 bridgehead atoms. The molecule has 2 aliphatic heterocycles. The number of halogens is 1. The lowest BCUT2D eigenvalue weighted by atomic mass is 9.89. The Labute approximate surface area is 429 Å². The first-order chi connectivity index (χ1) is 34.6. The smallest absolute Gasteiger partial charge is 0.317 e. The number of carbonyl (C=O) groups excluding carboxylic acids is 3. The van der Waals surface area contributed by atoms with Crippen molar-refractivity contribution in [2.45, 2.75) is 117 Å². The lowest BCUT2D eigenvalue weighted by Crippen LogP contribution is -2.49. The van der Waals surface area contributed by atoms with E-state index in [1.807, 2.05) is 93.2 Å². The van der Waals surface area contributed by atoms with Gasteiger partial charge in [-0.3, -0.25) is 28.6 Å². The van der Waals surface area contributed by atoms with E-state index in [4.69, 9.17) is 21.3 Å². The van der Waals surface area contributed by atoms with Gasteiger partial charge in [-0.25, -0.2) is 9.97 Å². The maximum absolute atomic E-state index is 14.4. The van der Waals surface area contributed by atoms with E-state index < -0.39 is 24.2 Å². The highest BCUT2D eigenvalue weighted by Gasteiger charge is 2.43. The standard InChI is InChI=1S/C52H55ClN12O5S2/c1-26(2)46(50(69)63-24-38(66)20-42(63)49(68)57-28(4)32-8-10-34(11-9-32)47-29(5)55-25-71-47)64-23-35(22-56-64)40-16-17-54-52(60-40)70-39-18-37(19-39)58-43(67)21-41-48-62-61-31(7)65(48)51-44(27(3)30(6)72-51)45(59-41)33-12-14-36(53)15-13-33/h8-17,22-23,25-26,28,37-39,41-42,46,66H,18-21,24H2,1-7H3,(H,57,68)(H,58,67)/t28-,37-,38+,39+,41-,42-,46+/m0/s1. The van der Waals surface area contributed by atoms with E-state index in [-0.39, 0.29) is 67.2 Å². The topological polar surface area (TPSA) is 208 Å². The summed E-state index contributed by atoms with van der Waals surface area (Å²) in [6.07, 6.45) is 5.26. The Morgan fingerprint density at radius 2 is 1.68 bits per heavy atom. The number of thiophene rings is 1. The quantitative estimate of drug-likeness (QED) is 0.0950. The van der Waals surface area contributed by atoms with Gasteiger partial charge in [0.25, 0.3) is 0 Å². The lowest BCUT2D eigenvalue weighted by Gasteiger charge is -2.35. The van der Waals surface area contributed by atoms with Crippen LogP contribution < -0.4 is 15.4 Å². The van der Waals surface area contributed by atoms with Crippen LogP contribution in [0.3, 0.4) is 0 Å². The van der Waals surface area contributed by atoms with Gasteiger partial charge in [-0.1, -0.05) is 61.8 Å². The van der Waals surface area contributed by atoms with Crippen molar-refractivity contribution >= 4 is 57.7 Å². The molecule has 3 amide bonds. The van der Waals surface area contributed by atoms with E-state index >= 15 is 0 Å². The Bertz CT molecular complexity index is 3190. The van der Waals surface area contributed by atoms with Crippen molar-refractivity contribution < 1.29 is 24.2 Å². The molecule has 2 aromatic carbocycles. The van der Waals surface area contributed by atoms with Crippen LogP contribution in [0.1, 0.15) is 109 Å². The summed E-state index contributed by atoms with van der Waals surface area (Å²) >= 11 is 9.53. The fraction of sp³-hybridized carbons (Fsp3) is 0.385. The predicted octanol–water partition coefficient (Wildman–Crippen LogP) is 8.04. The van der Waals surface area contributed by atoms with E-state index in [9.17, 15) is 19.5 Å². The second kappa shape index (κ2) is 20.1. The molecule has 3 N–H and O–H groups in total. The molecule has 20 heteroatoms. The van der Waals surface area contributed by atoms with Crippen LogP contribution in [0.5, 0.6) is 6.01 Å². The highest BCUT2D eigenvalue weighted by Crippen LogP contribution is 2.40. The first-order valence-electron chi connectivity index (χ1n) is 24.1. The fourth-order valence-corrected chi connectivity index (χ4v) is 11.9. The Morgan fingerprint density at radius 1 is 0.931 bits per heavy atom. The van der Waals surface area contributed by atoms with Gasteiger partial charge in [-0.15, -0.1) is 32.9 Å². The van der Waals surface area contributed by atoms with Crippen LogP contribution in [0.4, 0.5) is 0 Å². The van der Waals surface area contributed by atoms with Crippen LogP contribution >= 0.6 is 34.3 Å². The molecular formula is C52H55ClN12O5S2. The number of likely N-dealkylation sites (tertiary alicyclic amines) is 1. The zero-order chi connectivity index (χ0) is 50.5. The molecule has 72 heavy (non-hydrogen) atoms. The van der Waals surface area contributed by atoms with Crippen LogP contribution in [0.15, 0.2) is 83.7 Å². The van der Waals surface area contributed by atoms with E-state index in [2.05, 4.69) is 54.7 Å². The summed E-state index contributed by atoms with van der Waals surface area (Å²) in [5.41, 5.74) is 9.78. The van der Waals surface area contributed by atoms with Gasteiger partial charge in [-0.05, 0) is 75.4 Å². The molecule has 1 aliphatic carbocycles. The van der Waals surface area contributed by atoms with Crippen LogP contribution in [-0.2, 0) is 14.4 Å². The largest absolute Gasteiger partial charge is 0.460 e. The number of nitrogens with one attached hydrogen (secondary N) is 2.